The minimum atomic E-state index is -1.69. The van der Waals surface area contributed by atoms with Gasteiger partial charge in [0.2, 0.25) is 0 Å². The molecule has 0 amide bonds. The first-order valence-corrected chi connectivity index (χ1v) is 4.72. The molecule has 2 atom stereocenters. The molecule has 0 aromatic heterocycles. The van der Waals surface area contributed by atoms with Gasteiger partial charge in [0.25, 0.3) is 0 Å². The van der Waals surface area contributed by atoms with Gasteiger partial charge in [0.15, 0.2) is 5.66 Å². The molecule has 6 heteroatoms. The Hall–Kier alpha value is -1.14. The predicted molar refractivity (Wildman–Crippen MR) is 54.2 cm³/mol. The van der Waals surface area contributed by atoms with Crippen LogP contribution in [0.2, 0.25) is 0 Å². The average Bonchev–Trinajstić information content (AvgIpc) is 2.01. The maximum absolute atomic E-state index is 10.9. The third kappa shape index (κ3) is 4.26. The lowest BCUT2D eigenvalue weighted by molar-refractivity contribution is -0.147. The standard InChI is InChI=1S/C9H18N2O4/c1-5(2)4-9(10,8(14)15)11-6(3)7(12)13/h5-6,11H,4,10H2,1-3H3,(H,12,13)(H,14,15). The molecular formula is C9H18N2O4. The minimum Gasteiger partial charge on any atom is -0.480 e. The number of aliphatic carboxylic acids is 2. The van der Waals surface area contributed by atoms with Crippen molar-refractivity contribution in [2.45, 2.75) is 38.9 Å². The lowest BCUT2D eigenvalue weighted by atomic mass is 9.97. The van der Waals surface area contributed by atoms with Gasteiger partial charge in [-0.3, -0.25) is 10.1 Å². The Balaban J connectivity index is 4.65. The molecule has 0 spiro atoms. The van der Waals surface area contributed by atoms with Gasteiger partial charge >= 0.3 is 11.9 Å². The monoisotopic (exact) mass is 218 g/mol. The summed E-state index contributed by atoms with van der Waals surface area (Å²) in [6, 6.07) is -0.996. The number of carboxylic acid groups (broad SMARTS) is 2. The molecule has 88 valence electrons. The number of hydrogen-bond donors (Lipinski definition) is 4. The van der Waals surface area contributed by atoms with Crippen LogP contribution in [0.15, 0.2) is 0 Å². The van der Waals surface area contributed by atoms with Gasteiger partial charge < -0.3 is 15.9 Å². The van der Waals surface area contributed by atoms with Crippen LogP contribution in [0.5, 0.6) is 0 Å². The zero-order valence-corrected chi connectivity index (χ0v) is 9.15. The van der Waals surface area contributed by atoms with E-state index in [9.17, 15) is 9.59 Å². The summed E-state index contributed by atoms with van der Waals surface area (Å²) in [5.41, 5.74) is 3.92. The van der Waals surface area contributed by atoms with Gasteiger partial charge in [-0.1, -0.05) is 13.8 Å². The van der Waals surface area contributed by atoms with Gasteiger partial charge in [-0.15, -0.1) is 0 Å². The topological polar surface area (TPSA) is 113 Å². The molecule has 0 aliphatic carbocycles. The Labute approximate surface area is 88.5 Å². The Morgan fingerprint density at radius 2 is 1.80 bits per heavy atom. The number of nitrogens with one attached hydrogen (secondary N) is 1. The fourth-order valence-electron chi connectivity index (χ4n) is 1.30. The number of carboxylic acids is 2. The summed E-state index contributed by atoms with van der Waals surface area (Å²) >= 11 is 0. The predicted octanol–water partition coefficient (Wildman–Crippen LogP) is -0.165. The molecule has 0 heterocycles. The van der Waals surface area contributed by atoms with Crippen LogP contribution >= 0.6 is 0 Å². The zero-order chi connectivity index (χ0) is 12.2. The molecule has 0 bridgehead atoms. The summed E-state index contributed by atoms with van der Waals surface area (Å²) in [5, 5.41) is 20.0. The minimum absolute atomic E-state index is 0.0552. The number of rotatable bonds is 6. The van der Waals surface area contributed by atoms with Gasteiger partial charge in [0.05, 0.1) is 0 Å². The number of hydrogen-bond acceptors (Lipinski definition) is 4. The van der Waals surface area contributed by atoms with E-state index < -0.39 is 23.6 Å². The van der Waals surface area contributed by atoms with Gasteiger partial charge in [0, 0.05) is 0 Å². The number of nitrogens with two attached hydrogens (primary N) is 1. The van der Waals surface area contributed by atoms with Crippen molar-refractivity contribution in [3.8, 4) is 0 Å². The van der Waals surface area contributed by atoms with Crippen LogP contribution < -0.4 is 11.1 Å². The third-order valence-corrected chi connectivity index (χ3v) is 1.96. The smallest absolute Gasteiger partial charge is 0.338 e. The second kappa shape index (κ2) is 5.09. The molecule has 6 nitrogen and oxygen atoms in total. The van der Waals surface area contributed by atoms with Gasteiger partial charge in [-0.05, 0) is 19.3 Å². The van der Waals surface area contributed by atoms with Crippen molar-refractivity contribution in [1.82, 2.24) is 5.32 Å². The fourth-order valence-corrected chi connectivity index (χ4v) is 1.30. The van der Waals surface area contributed by atoms with Crippen LogP contribution in [-0.4, -0.2) is 33.9 Å². The molecule has 15 heavy (non-hydrogen) atoms. The third-order valence-electron chi connectivity index (χ3n) is 1.96. The molecule has 0 rings (SSSR count). The first kappa shape index (κ1) is 13.9. The summed E-state index contributed by atoms with van der Waals surface area (Å²) in [7, 11) is 0. The zero-order valence-electron chi connectivity index (χ0n) is 9.15. The Bertz CT molecular complexity index is 254. The maximum Gasteiger partial charge on any atom is 0.338 e. The highest BCUT2D eigenvalue weighted by Crippen LogP contribution is 2.12. The van der Waals surface area contributed by atoms with Crippen LogP contribution in [0.3, 0.4) is 0 Å². The van der Waals surface area contributed by atoms with Crippen molar-refractivity contribution in [2.24, 2.45) is 11.7 Å². The van der Waals surface area contributed by atoms with Crippen molar-refractivity contribution in [1.29, 1.82) is 0 Å². The highest BCUT2D eigenvalue weighted by Gasteiger charge is 2.37. The van der Waals surface area contributed by atoms with Crippen molar-refractivity contribution in [2.75, 3.05) is 0 Å². The quantitative estimate of drug-likeness (QED) is 0.460. The second-order valence-electron chi connectivity index (χ2n) is 4.08. The van der Waals surface area contributed by atoms with Gasteiger partial charge in [0.1, 0.15) is 6.04 Å². The van der Waals surface area contributed by atoms with Gasteiger partial charge in [-0.2, -0.15) is 0 Å². The van der Waals surface area contributed by atoms with E-state index in [0.717, 1.165) is 0 Å². The van der Waals surface area contributed by atoms with E-state index in [0.29, 0.717) is 0 Å². The van der Waals surface area contributed by atoms with Crippen molar-refractivity contribution in [3.63, 3.8) is 0 Å². The molecule has 2 unspecified atom stereocenters. The second-order valence-corrected chi connectivity index (χ2v) is 4.08. The van der Waals surface area contributed by atoms with E-state index in [2.05, 4.69) is 5.32 Å². The highest BCUT2D eigenvalue weighted by atomic mass is 16.4. The first-order valence-electron chi connectivity index (χ1n) is 4.72. The van der Waals surface area contributed by atoms with E-state index in [1.807, 2.05) is 13.8 Å². The largest absolute Gasteiger partial charge is 0.480 e. The lowest BCUT2D eigenvalue weighted by Crippen LogP contribution is -2.64. The van der Waals surface area contributed by atoms with Gasteiger partial charge in [-0.25, -0.2) is 4.79 Å². The molecule has 0 radical (unpaired) electrons. The molecular weight excluding hydrogens is 200 g/mol. The molecule has 0 aromatic carbocycles. The van der Waals surface area contributed by atoms with Crippen LogP contribution in [0.1, 0.15) is 27.2 Å². The maximum atomic E-state index is 10.9. The molecule has 0 aliphatic rings. The van der Waals surface area contributed by atoms with Crippen molar-refractivity contribution < 1.29 is 19.8 Å². The van der Waals surface area contributed by atoms with Crippen LogP contribution in [0.4, 0.5) is 0 Å². The van der Waals surface area contributed by atoms with E-state index in [-0.39, 0.29) is 12.3 Å². The molecule has 0 aromatic rings. The first-order chi connectivity index (χ1) is 6.69. The van der Waals surface area contributed by atoms with E-state index in [1.165, 1.54) is 6.92 Å². The summed E-state index contributed by atoms with van der Waals surface area (Å²) < 4.78 is 0. The van der Waals surface area contributed by atoms with Crippen molar-refractivity contribution in [3.05, 3.63) is 0 Å². The lowest BCUT2D eigenvalue weighted by Gasteiger charge is -2.29. The van der Waals surface area contributed by atoms with E-state index in [1.54, 1.807) is 0 Å². The molecule has 0 saturated heterocycles. The SMILES string of the molecule is CC(C)CC(N)(NC(C)C(=O)O)C(=O)O. The summed E-state index contributed by atoms with van der Waals surface area (Å²) in [6.45, 7) is 4.99. The highest BCUT2D eigenvalue weighted by molar-refractivity contribution is 5.80. The normalized spacial score (nSPS) is 17.1. The Kier molecular flexibility index (Phi) is 4.70. The molecule has 0 saturated carbocycles. The fraction of sp³-hybridized carbons (Fsp3) is 0.778. The average molecular weight is 218 g/mol. The number of carbonyl (C=O) groups is 2. The molecule has 0 fully saturated rings. The Morgan fingerprint density at radius 3 is 2.07 bits per heavy atom. The van der Waals surface area contributed by atoms with Crippen molar-refractivity contribution >= 4 is 11.9 Å². The van der Waals surface area contributed by atoms with E-state index >= 15 is 0 Å². The van der Waals surface area contributed by atoms with Crippen LogP contribution in [0.25, 0.3) is 0 Å². The molecule has 5 N–H and O–H groups in total. The summed E-state index contributed by atoms with van der Waals surface area (Å²) in [4.78, 5) is 21.5. The van der Waals surface area contributed by atoms with E-state index in [4.69, 9.17) is 15.9 Å². The van der Waals surface area contributed by atoms with Crippen LogP contribution in [-0.2, 0) is 9.59 Å². The Morgan fingerprint density at radius 1 is 1.33 bits per heavy atom. The summed E-state index contributed by atoms with van der Waals surface area (Å²) in [6.07, 6.45) is 0.167. The van der Waals surface area contributed by atoms with Crippen LogP contribution in [0, 0.1) is 5.92 Å². The molecule has 0 aliphatic heterocycles. The summed E-state index contributed by atoms with van der Waals surface area (Å²) in [5.74, 6) is -2.32.